The lowest BCUT2D eigenvalue weighted by Gasteiger charge is -1.79. The lowest BCUT2D eigenvalue weighted by molar-refractivity contribution is -0.128. The minimum absolute atomic E-state index is 0. The molecule has 0 aromatic carbocycles. The van der Waals surface area contributed by atoms with E-state index in [0.29, 0.717) is 13.1 Å². The molecule has 0 heterocycles. The largest absolute Gasteiger partial charge is 0.468 e. The summed E-state index contributed by atoms with van der Waals surface area (Å²) in [6.45, 7) is 8.66. The molecule has 0 aliphatic rings. The van der Waals surface area contributed by atoms with Crippen molar-refractivity contribution < 1.29 is 9.53 Å². The zero-order valence-corrected chi connectivity index (χ0v) is 4.52. The van der Waals surface area contributed by atoms with Crippen LogP contribution in [0.15, 0.2) is 13.2 Å². The molecule has 0 bridgehead atoms. The van der Waals surface area contributed by atoms with Crippen LogP contribution in [0.1, 0.15) is 14.4 Å². The number of hydrogen-bond acceptors (Lipinski definition) is 2. The second kappa shape index (κ2) is 34.5. The van der Waals surface area contributed by atoms with Gasteiger partial charge in [0.2, 0.25) is 0 Å². The summed E-state index contributed by atoms with van der Waals surface area (Å²) in [7, 11) is 0. The fraction of sp³-hybridized carbons (Fsp3) is 0.500. The Morgan fingerprint density at radius 1 is 1.62 bits per heavy atom. The molecule has 2 nitrogen and oxygen atoms in total. The molecule has 0 fully saturated rings. The Morgan fingerprint density at radius 3 is 2.00 bits per heavy atom. The van der Waals surface area contributed by atoms with Gasteiger partial charge in [0.15, 0.2) is 0 Å². The summed E-state index contributed by atoms with van der Waals surface area (Å²) in [5.74, 6) is 0. The van der Waals surface area contributed by atoms with Crippen LogP contribution in [0.25, 0.3) is 0 Å². The molecule has 0 aromatic rings. The molecule has 0 radical (unpaired) electrons. The van der Waals surface area contributed by atoms with Gasteiger partial charge in [-0.05, 0) is 6.92 Å². The fourth-order valence-electron chi connectivity index (χ4n) is 0.0680. The van der Waals surface area contributed by atoms with Crippen LogP contribution in [0.5, 0.6) is 0 Å². The van der Waals surface area contributed by atoms with E-state index in [1.54, 1.807) is 6.92 Å². The summed E-state index contributed by atoms with van der Waals surface area (Å²) in [6, 6.07) is 0. The second-order valence-electron chi connectivity index (χ2n) is 0.552. The molecular weight excluding hydrogens is 104 g/mol. The topological polar surface area (TPSA) is 26.3 Å². The van der Waals surface area contributed by atoms with Gasteiger partial charge in [-0.15, -0.1) is 13.2 Å². The Bertz CT molecular complexity index is 35.5. The van der Waals surface area contributed by atoms with Crippen LogP contribution in [0, 0.1) is 0 Å². The number of carbonyl (C=O) groups excluding carboxylic acids is 1. The third kappa shape index (κ3) is 63.1. The average Bonchev–Trinajstić information content (AvgIpc) is 1.75. The zero-order chi connectivity index (χ0) is 6.12. The van der Waals surface area contributed by atoms with Gasteiger partial charge < -0.3 is 4.74 Å². The van der Waals surface area contributed by atoms with Crippen LogP contribution >= 0.6 is 0 Å². The highest BCUT2D eigenvalue weighted by atomic mass is 16.5. The highest BCUT2D eigenvalue weighted by Gasteiger charge is 1.60. The van der Waals surface area contributed by atoms with Gasteiger partial charge in [-0.1, -0.05) is 7.43 Å². The summed E-state index contributed by atoms with van der Waals surface area (Å²) < 4.78 is 4.15. The Hall–Kier alpha value is -0.790. The molecule has 0 saturated heterocycles. The second-order valence-corrected chi connectivity index (χ2v) is 0.552. The van der Waals surface area contributed by atoms with Crippen molar-refractivity contribution in [2.45, 2.75) is 14.4 Å². The molecule has 2 heteroatoms. The van der Waals surface area contributed by atoms with Crippen molar-refractivity contribution in [3.8, 4) is 0 Å². The number of ether oxygens (including phenoxy) is 1. The molecule has 0 aromatic heterocycles. The molecule has 0 unspecified atom stereocenters. The number of rotatable bonds is 2. The molecule has 0 saturated carbocycles. The predicted octanol–water partition coefficient (Wildman–Crippen LogP) is 1.62. The van der Waals surface area contributed by atoms with Crippen LogP contribution in [0.4, 0.5) is 0 Å². The maximum atomic E-state index is 9.18. The van der Waals surface area contributed by atoms with Gasteiger partial charge in [0.1, 0.15) is 0 Å². The first-order valence-electron chi connectivity index (χ1n) is 1.97. The highest BCUT2D eigenvalue weighted by molar-refractivity contribution is 5.36. The quantitative estimate of drug-likeness (QED) is 0.407. The number of carbonyl (C=O) groups is 1. The fourth-order valence-corrected chi connectivity index (χ4v) is 0.0680. The van der Waals surface area contributed by atoms with Gasteiger partial charge in [0, 0.05) is 0 Å². The molecule has 8 heavy (non-hydrogen) atoms. The van der Waals surface area contributed by atoms with Crippen LogP contribution < -0.4 is 0 Å². The number of hydrogen-bond donors (Lipinski definition) is 0. The van der Waals surface area contributed by atoms with Crippen molar-refractivity contribution in [1.29, 1.82) is 0 Å². The SMILES string of the molecule is C.C=C.CCOC=O. The molecule has 0 spiro atoms. The average molecular weight is 118 g/mol. The van der Waals surface area contributed by atoms with Gasteiger partial charge in [-0.25, -0.2) is 0 Å². The van der Waals surface area contributed by atoms with E-state index in [0.717, 1.165) is 0 Å². The van der Waals surface area contributed by atoms with Crippen LogP contribution in [-0.4, -0.2) is 13.1 Å². The van der Waals surface area contributed by atoms with Gasteiger partial charge >= 0.3 is 0 Å². The lowest BCUT2D eigenvalue weighted by atomic mass is 10.9. The molecule has 0 amide bonds. The molecule has 0 N–H and O–H groups in total. The van der Waals surface area contributed by atoms with Crippen molar-refractivity contribution in [3.05, 3.63) is 13.2 Å². The summed E-state index contributed by atoms with van der Waals surface area (Å²) in [5.41, 5.74) is 0. The molecule has 50 valence electrons. The maximum absolute atomic E-state index is 9.18. The van der Waals surface area contributed by atoms with Crippen LogP contribution in [0.2, 0.25) is 0 Å². The van der Waals surface area contributed by atoms with E-state index in [4.69, 9.17) is 0 Å². The Labute approximate surface area is 51.2 Å². The molecular formula is C6H14O2. The first-order valence-corrected chi connectivity index (χ1v) is 1.97. The van der Waals surface area contributed by atoms with E-state index in [-0.39, 0.29) is 7.43 Å². The zero-order valence-electron chi connectivity index (χ0n) is 4.52. The van der Waals surface area contributed by atoms with Gasteiger partial charge in [0.05, 0.1) is 6.61 Å². The molecule has 0 aliphatic carbocycles. The van der Waals surface area contributed by atoms with E-state index in [2.05, 4.69) is 17.9 Å². The Balaban J connectivity index is -0.0000000750. The van der Waals surface area contributed by atoms with Crippen LogP contribution in [-0.2, 0) is 9.53 Å². The maximum Gasteiger partial charge on any atom is 0.293 e. The van der Waals surface area contributed by atoms with E-state index < -0.39 is 0 Å². The minimum atomic E-state index is 0. The summed E-state index contributed by atoms with van der Waals surface area (Å²) in [4.78, 5) is 9.18. The third-order valence-electron chi connectivity index (χ3n) is 0.235. The Kier molecular flexibility index (Phi) is 67.7. The van der Waals surface area contributed by atoms with Crippen LogP contribution in [0.3, 0.4) is 0 Å². The summed E-state index contributed by atoms with van der Waals surface area (Å²) >= 11 is 0. The standard InChI is InChI=1S/C3H6O2.C2H4.CH4/c1-2-5-3-4;1-2;/h3H,2H2,1H3;1-2H2;1H4. The van der Waals surface area contributed by atoms with Gasteiger partial charge in [0.25, 0.3) is 6.47 Å². The lowest BCUT2D eigenvalue weighted by Crippen LogP contribution is -1.80. The molecule has 0 atom stereocenters. The van der Waals surface area contributed by atoms with Gasteiger partial charge in [-0.3, -0.25) is 4.79 Å². The molecule has 0 aliphatic heterocycles. The van der Waals surface area contributed by atoms with Crippen molar-refractivity contribution in [1.82, 2.24) is 0 Å². The third-order valence-corrected chi connectivity index (χ3v) is 0.235. The van der Waals surface area contributed by atoms with Gasteiger partial charge in [-0.2, -0.15) is 0 Å². The van der Waals surface area contributed by atoms with Crippen molar-refractivity contribution in [3.63, 3.8) is 0 Å². The smallest absolute Gasteiger partial charge is 0.293 e. The monoisotopic (exact) mass is 118 g/mol. The highest BCUT2D eigenvalue weighted by Crippen LogP contribution is 1.55. The predicted molar refractivity (Wildman–Crippen MR) is 35.7 cm³/mol. The Morgan fingerprint density at radius 2 is 2.00 bits per heavy atom. The molecule has 0 rings (SSSR count). The van der Waals surface area contributed by atoms with E-state index in [1.807, 2.05) is 0 Å². The van der Waals surface area contributed by atoms with E-state index >= 15 is 0 Å². The van der Waals surface area contributed by atoms with Crippen molar-refractivity contribution >= 4 is 6.47 Å². The van der Waals surface area contributed by atoms with Crippen molar-refractivity contribution in [2.24, 2.45) is 0 Å². The first kappa shape index (κ1) is 15.7. The first-order chi connectivity index (χ1) is 3.41. The van der Waals surface area contributed by atoms with E-state index in [1.165, 1.54) is 0 Å². The minimum Gasteiger partial charge on any atom is -0.468 e. The summed E-state index contributed by atoms with van der Waals surface area (Å²) in [5, 5.41) is 0. The van der Waals surface area contributed by atoms with Crippen molar-refractivity contribution in [2.75, 3.05) is 6.61 Å². The normalized spacial score (nSPS) is 4.62. The van der Waals surface area contributed by atoms with E-state index in [9.17, 15) is 4.79 Å². The summed E-state index contributed by atoms with van der Waals surface area (Å²) in [6.07, 6.45) is 0.